The van der Waals surface area contributed by atoms with Gasteiger partial charge in [0.2, 0.25) is 0 Å². The first-order valence-corrected chi connectivity index (χ1v) is 4.70. The summed E-state index contributed by atoms with van der Waals surface area (Å²) in [6, 6.07) is 4.04. The Morgan fingerprint density at radius 3 is 3.08 bits per heavy atom. The standard InChI is InChI=1S/C9H9BrN2/c10-9-7-8(3-4-11-9)12-5-1-2-6-12/h1,3-5,7H,2,6H2. The van der Waals surface area contributed by atoms with E-state index < -0.39 is 0 Å². The van der Waals surface area contributed by atoms with E-state index in [1.54, 1.807) is 0 Å². The predicted octanol–water partition coefficient (Wildman–Crippen LogP) is 2.57. The quantitative estimate of drug-likeness (QED) is 0.683. The zero-order valence-electron chi connectivity index (χ0n) is 6.57. The molecule has 3 heteroatoms. The van der Waals surface area contributed by atoms with Gasteiger partial charge in [-0.05, 0) is 34.5 Å². The zero-order valence-corrected chi connectivity index (χ0v) is 8.16. The van der Waals surface area contributed by atoms with Crippen LogP contribution in [0.1, 0.15) is 6.42 Å². The number of aromatic nitrogens is 1. The number of hydrogen-bond acceptors (Lipinski definition) is 2. The van der Waals surface area contributed by atoms with Gasteiger partial charge >= 0.3 is 0 Å². The Morgan fingerprint density at radius 1 is 1.50 bits per heavy atom. The molecule has 0 saturated carbocycles. The maximum atomic E-state index is 4.08. The smallest absolute Gasteiger partial charge is 0.108 e. The van der Waals surface area contributed by atoms with Gasteiger partial charge in [0.25, 0.3) is 0 Å². The van der Waals surface area contributed by atoms with Crippen molar-refractivity contribution in [1.82, 2.24) is 4.98 Å². The number of rotatable bonds is 1. The van der Waals surface area contributed by atoms with Crippen LogP contribution in [0.3, 0.4) is 0 Å². The fourth-order valence-electron chi connectivity index (χ4n) is 1.28. The Kier molecular flexibility index (Phi) is 2.13. The lowest BCUT2D eigenvalue weighted by Gasteiger charge is -2.14. The van der Waals surface area contributed by atoms with E-state index in [-0.39, 0.29) is 0 Å². The SMILES string of the molecule is Brc1cc(N2C=CCC2)ccn1. The molecule has 1 aliphatic heterocycles. The molecule has 0 radical (unpaired) electrons. The molecule has 0 bridgehead atoms. The molecule has 2 nitrogen and oxygen atoms in total. The summed E-state index contributed by atoms with van der Waals surface area (Å²) in [7, 11) is 0. The summed E-state index contributed by atoms with van der Waals surface area (Å²) in [5.74, 6) is 0. The van der Waals surface area contributed by atoms with Crippen LogP contribution < -0.4 is 4.90 Å². The second kappa shape index (κ2) is 3.27. The Hall–Kier alpha value is -0.830. The van der Waals surface area contributed by atoms with Crippen molar-refractivity contribution >= 4 is 21.6 Å². The van der Waals surface area contributed by atoms with Gasteiger partial charge in [-0.3, -0.25) is 0 Å². The highest BCUT2D eigenvalue weighted by Crippen LogP contribution is 2.20. The fourth-order valence-corrected chi connectivity index (χ4v) is 1.63. The first-order chi connectivity index (χ1) is 5.86. The van der Waals surface area contributed by atoms with Crippen molar-refractivity contribution in [2.24, 2.45) is 0 Å². The van der Waals surface area contributed by atoms with Gasteiger partial charge in [-0.1, -0.05) is 6.08 Å². The van der Waals surface area contributed by atoms with Gasteiger partial charge < -0.3 is 4.90 Å². The fraction of sp³-hybridized carbons (Fsp3) is 0.222. The van der Waals surface area contributed by atoms with Crippen LogP contribution in [-0.4, -0.2) is 11.5 Å². The molecule has 0 amide bonds. The van der Waals surface area contributed by atoms with Crippen molar-refractivity contribution < 1.29 is 0 Å². The van der Waals surface area contributed by atoms with Crippen LogP contribution in [0.2, 0.25) is 0 Å². The molecule has 0 unspecified atom stereocenters. The molecule has 2 heterocycles. The Bertz CT molecular complexity index is 309. The van der Waals surface area contributed by atoms with Crippen LogP contribution in [0.4, 0.5) is 5.69 Å². The zero-order chi connectivity index (χ0) is 8.39. The molecule has 0 aromatic carbocycles. The topological polar surface area (TPSA) is 16.1 Å². The maximum Gasteiger partial charge on any atom is 0.108 e. The van der Waals surface area contributed by atoms with Gasteiger partial charge in [0, 0.05) is 24.6 Å². The van der Waals surface area contributed by atoms with E-state index in [9.17, 15) is 0 Å². The van der Waals surface area contributed by atoms with Crippen LogP contribution in [0.25, 0.3) is 0 Å². The molecule has 0 aliphatic carbocycles. The van der Waals surface area contributed by atoms with Gasteiger partial charge in [-0.2, -0.15) is 0 Å². The summed E-state index contributed by atoms with van der Waals surface area (Å²) >= 11 is 3.35. The minimum absolute atomic E-state index is 0.889. The van der Waals surface area contributed by atoms with Crippen molar-refractivity contribution in [3.8, 4) is 0 Å². The number of anilines is 1. The average Bonchev–Trinajstić information content (AvgIpc) is 2.56. The molecule has 0 fully saturated rings. The van der Waals surface area contributed by atoms with E-state index in [4.69, 9.17) is 0 Å². The first kappa shape index (κ1) is 7.80. The van der Waals surface area contributed by atoms with Gasteiger partial charge in [0.1, 0.15) is 4.60 Å². The average molecular weight is 225 g/mol. The minimum atomic E-state index is 0.889. The lowest BCUT2D eigenvalue weighted by molar-refractivity contribution is 0.995. The van der Waals surface area contributed by atoms with E-state index in [1.807, 2.05) is 18.3 Å². The maximum absolute atomic E-state index is 4.08. The summed E-state index contributed by atoms with van der Waals surface area (Å²) in [5, 5.41) is 0. The van der Waals surface area contributed by atoms with E-state index in [0.717, 1.165) is 17.6 Å². The summed E-state index contributed by atoms with van der Waals surface area (Å²) in [4.78, 5) is 6.29. The monoisotopic (exact) mass is 224 g/mol. The molecule has 0 saturated heterocycles. The summed E-state index contributed by atoms with van der Waals surface area (Å²) < 4.78 is 0.889. The largest absolute Gasteiger partial charge is 0.348 e. The molecule has 1 aromatic rings. The molecule has 0 N–H and O–H groups in total. The summed E-state index contributed by atoms with van der Waals surface area (Å²) in [6.45, 7) is 1.08. The third kappa shape index (κ3) is 1.50. The van der Waals surface area contributed by atoms with Crippen LogP contribution in [0.15, 0.2) is 35.2 Å². The van der Waals surface area contributed by atoms with Crippen molar-refractivity contribution in [3.05, 3.63) is 35.2 Å². The third-order valence-corrected chi connectivity index (χ3v) is 2.30. The van der Waals surface area contributed by atoms with E-state index in [0.29, 0.717) is 0 Å². The molecular weight excluding hydrogens is 216 g/mol. The van der Waals surface area contributed by atoms with Crippen molar-refractivity contribution in [1.29, 1.82) is 0 Å². The lowest BCUT2D eigenvalue weighted by Crippen LogP contribution is -2.11. The Balaban J connectivity index is 2.27. The van der Waals surface area contributed by atoms with Gasteiger partial charge in [-0.25, -0.2) is 4.98 Å². The van der Waals surface area contributed by atoms with E-state index >= 15 is 0 Å². The van der Waals surface area contributed by atoms with E-state index in [1.165, 1.54) is 5.69 Å². The highest BCUT2D eigenvalue weighted by atomic mass is 79.9. The third-order valence-electron chi connectivity index (χ3n) is 1.86. The van der Waals surface area contributed by atoms with E-state index in [2.05, 4.69) is 38.1 Å². The van der Waals surface area contributed by atoms with Crippen LogP contribution in [0.5, 0.6) is 0 Å². The van der Waals surface area contributed by atoms with Crippen molar-refractivity contribution in [2.45, 2.75) is 6.42 Å². The molecule has 62 valence electrons. The number of nitrogens with zero attached hydrogens (tertiary/aromatic N) is 2. The van der Waals surface area contributed by atoms with Crippen LogP contribution in [0, 0.1) is 0 Å². The van der Waals surface area contributed by atoms with Gasteiger partial charge in [0.15, 0.2) is 0 Å². The second-order valence-electron chi connectivity index (χ2n) is 2.70. The molecule has 0 spiro atoms. The van der Waals surface area contributed by atoms with Crippen LogP contribution >= 0.6 is 15.9 Å². The van der Waals surface area contributed by atoms with Gasteiger partial charge in [-0.15, -0.1) is 0 Å². The summed E-state index contributed by atoms with van der Waals surface area (Å²) in [5.41, 5.74) is 1.20. The molecule has 1 aromatic heterocycles. The second-order valence-corrected chi connectivity index (χ2v) is 3.52. The first-order valence-electron chi connectivity index (χ1n) is 3.91. The summed E-state index contributed by atoms with van der Waals surface area (Å²) in [6.07, 6.45) is 7.24. The van der Waals surface area contributed by atoms with Crippen molar-refractivity contribution in [3.63, 3.8) is 0 Å². The lowest BCUT2D eigenvalue weighted by atomic mass is 10.4. The highest BCUT2D eigenvalue weighted by molar-refractivity contribution is 9.10. The normalized spacial score (nSPS) is 15.6. The minimum Gasteiger partial charge on any atom is -0.348 e. The molecular formula is C9H9BrN2. The predicted molar refractivity (Wildman–Crippen MR) is 53.0 cm³/mol. The number of halogens is 1. The highest BCUT2D eigenvalue weighted by Gasteiger charge is 2.06. The van der Waals surface area contributed by atoms with Gasteiger partial charge in [0.05, 0.1) is 0 Å². The number of hydrogen-bond donors (Lipinski definition) is 0. The Labute approximate surface area is 80.0 Å². The molecule has 0 atom stereocenters. The number of pyridine rings is 1. The molecule has 2 rings (SSSR count). The van der Waals surface area contributed by atoms with Crippen LogP contribution in [-0.2, 0) is 0 Å². The Morgan fingerprint density at radius 2 is 2.42 bits per heavy atom. The molecule has 12 heavy (non-hydrogen) atoms. The van der Waals surface area contributed by atoms with Crippen molar-refractivity contribution in [2.75, 3.05) is 11.4 Å². The molecule has 1 aliphatic rings.